The number of aryl methyl sites for hydroxylation is 1. The molecule has 92 valence electrons. The summed E-state index contributed by atoms with van der Waals surface area (Å²) in [6, 6.07) is 6.41. The monoisotopic (exact) mass is 248 g/mol. The summed E-state index contributed by atoms with van der Waals surface area (Å²) in [5.74, 6) is 0. The van der Waals surface area contributed by atoms with Crippen LogP contribution in [0.5, 0.6) is 0 Å². The Morgan fingerprint density at radius 2 is 2.12 bits per heavy atom. The summed E-state index contributed by atoms with van der Waals surface area (Å²) < 4.78 is 1.26. The second-order valence-electron chi connectivity index (χ2n) is 5.25. The molecule has 0 aliphatic rings. The second-order valence-corrected chi connectivity index (χ2v) is 6.28. The van der Waals surface area contributed by atoms with E-state index in [-0.39, 0.29) is 5.54 Å². The number of hydrogen-bond acceptors (Lipinski definition) is 3. The van der Waals surface area contributed by atoms with E-state index in [1.54, 1.807) is 11.3 Å². The Morgan fingerprint density at radius 3 is 2.82 bits per heavy atom. The highest BCUT2D eigenvalue weighted by Crippen LogP contribution is 2.29. The maximum absolute atomic E-state index is 4.63. The van der Waals surface area contributed by atoms with Crippen LogP contribution in [0.4, 0.5) is 5.13 Å². The van der Waals surface area contributed by atoms with Gasteiger partial charge in [0.2, 0.25) is 0 Å². The summed E-state index contributed by atoms with van der Waals surface area (Å²) in [4.78, 5) is 4.63. The highest BCUT2D eigenvalue weighted by Gasteiger charge is 2.17. The first-order chi connectivity index (χ1) is 8.00. The first-order valence-corrected chi connectivity index (χ1v) is 6.97. The van der Waals surface area contributed by atoms with Crippen LogP contribution in [0.25, 0.3) is 10.2 Å². The molecule has 0 saturated carbocycles. The molecule has 1 N–H and O–H groups in total. The molecule has 1 aromatic carbocycles. The van der Waals surface area contributed by atoms with Crippen LogP contribution in [0.2, 0.25) is 0 Å². The van der Waals surface area contributed by atoms with Crippen molar-refractivity contribution in [2.75, 3.05) is 5.32 Å². The summed E-state index contributed by atoms with van der Waals surface area (Å²) >= 11 is 1.74. The minimum absolute atomic E-state index is 0.123. The Labute approximate surface area is 107 Å². The summed E-state index contributed by atoms with van der Waals surface area (Å²) in [5.41, 5.74) is 2.51. The fourth-order valence-corrected chi connectivity index (χ4v) is 3.20. The first kappa shape index (κ1) is 12.4. The Kier molecular flexibility index (Phi) is 3.38. The molecule has 17 heavy (non-hydrogen) atoms. The van der Waals surface area contributed by atoms with Gasteiger partial charge >= 0.3 is 0 Å². The van der Waals surface area contributed by atoms with Crippen molar-refractivity contribution in [3.8, 4) is 0 Å². The molecule has 0 aliphatic heterocycles. The van der Waals surface area contributed by atoms with Gasteiger partial charge in [0.15, 0.2) is 5.13 Å². The maximum Gasteiger partial charge on any atom is 0.184 e. The standard InChI is InChI=1S/C14H20N2S/c1-5-8-14(3,4)16-13-15-11-7-6-10(2)9-12(11)17-13/h6-7,9H,5,8H2,1-4H3,(H,15,16). The molecule has 0 aliphatic carbocycles. The van der Waals surface area contributed by atoms with Gasteiger partial charge in [-0.05, 0) is 44.9 Å². The van der Waals surface area contributed by atoms with Crippen molar-refractivity contribution < 1.29 is 0 Å². The lowest BCUT2D eigenvalue weighted by molar-refractivity contribution is 0.511. The molecular weight excluding hydrogens is 228 g/mol. The van der Waals surface area contributed by atoms with Gasteiger partial charge in [-0.3, -0.25) is 0 Å². The molecule has 0 radical (unpaired) electrons. The molecular formula is C14H20N2S. The number of hydrogen-bond donors (Lipinski definition) is 1. The van der Waals surface area contributed by atoms with Crippen LogP contribution >= 0.6 is 11.3 Å². The number of anilines is 1. The summed E-state index contributed by atoms with van der Waals surface area (Å²) in [6.45, 7) is 8.79. The first-order valence-electron chi connectivity index (χ1n) is 6.15. The number of nitrogens with zero attached hydrogens (tertiary/aromatic N) is 1. The van der Waals surface area contributed by atoms with E-state index in [4.69, 9.17) is 0 Å². The number of nitrogens with one attached hydrogen (secondary N) is 1. The molecule has 2 rings (SSSR count). The minimum Gasteiger partial charge on any atom is -0.357 e. The van der Waals surface area contributed by atoms with Crippen LogP contribution in [0.15, 0.2) is 18.2 Å². The fraction of sp³-hybridized carbons (Fsp3) is 0.500. The number of rotatable bonds is 4. The summed E-state index contributed by atoms with van der Waals surface area (Å²) in [7, 11) is 0. The second kappa shape index (κ2) is 4.65. The van der Waals surface area contributed by atoms with Gasteiger partial charge in [0.1, 0.15) is 0 Å². The van der Waals surface area contributed by atoms with Crippen molar-refractivity contribution in [3.63, 3.8) is 0 Å². The zero-order valence-electron chi connectivity index (χ0n) is 11.0. The Hall–Kier alpha value is -1.09. The average Bonchev–Trinajstić information content (AvgIpc) is 2.57. The molecule has 3 heteroatoms. The third-order valence-electron chi connectivity index (χ3n) is 2.86. The quantitative estimate of drug-likeness (QED) is 0.855. The van der Waals surface area contributed by atoms with E-state index >= 15 is 0 Å². The predicted octanol–water partition coefficient (Wildman–Crippen LogP) is 4.60. The van der Waals surface area contributed by atoms with E-state index < -0.39 is 0 Å². The predicted molar refractivity (Wildman–Crippen MR) is 77.0 cm³/mol. The van der Waals surface area contributed by atoms with Crippen molar-refractivity contribution in [3.05, 3.63) is 23.8 Å². The van der Waals surface area contributed by atoms with Crippen molar-refractivity contribution in [2.24, 2.45) is 0 Å². The van der Waals surface area contributed by atoms with Crippen LogP contribution in [0.3, 0.4) is 0 Å². The van der Waals surface area contributed by atoms with Gasteiger partial charge in [-0.15, -0.1) is 0 Å². The van der Waals surface area contributed by atoms with Crippen LogP contribution < -0.4 is 5.32 Å². The topological polar surface area (TPSA) is 24.9 Å². The zero-order valence-corrected chi connectivity index (χ0v) is 11.8. The van der Waals surface area contributed by atoms with E-state index in [0.29, 0.717) is 0 Å². The molecule has 0 amide bonds. The number of fused-ring (bicyclic) bond motifs is 1. The normalized spacial score (nSPS) is 12.0. The van der Waals surface area contributed by atoms with E-state index in [1.165, 1.54) is 16.7 Å². The molecule has 0 spiro atoms. The molecule has 0 bridgehead atoms. The van der Waals surface area contributed by atoms with Crippen molar-refractivity contribution >= 4 is 26.7 Å². The third kappa shape index (κ3) is 2.97. The lowest BCUT2D eigenvalue weighted by atomic mass is 10.00. The van der Waals surface area contributed by atoms with Crippen molar-refractivity contribution in [2.45, 2.75) is 46.1 Å². The van der Waals surface area contributed by atoms with Gasteiger partial charge in [-0.2, -0.15) is 0 Å². The molecule has 2 aromatic rings. The van der Waals surface area contributed by atoms with Gasteiger partial charge in [-0.1, -0.05) is 30.7 Å². The van der Waals surface area contributed by atoms with Crippen LogP contribution in [-0.4, -0.2) is 10.5 Å². The lowest BCUT2D eigenvalue weighted by Crippen LogP contribution is -2.30. The third-order valence-corrected chi connectivity index (χ3v) is 3.80. The molecule has 0 unspecified atom stereocenters. The van der Waals surface area contributed by atoms with E-state index in [9.17, 15) is 0 Å². The average molecular weight is 248 g/mol. The lowest BCUT2D eigenvalue weighted by Gasteiger charge is -2.25. The van der Waals surface area contributed by atoms with Crippen LogP contribution in [0.1, 0.15) is 39.2 Å². The van der Waals surface area contributed by atoms with E-state index in [2.05, 4.69) is 56.2 Å². The summed E-state index contributed by atoms with van der Waals surface area (Å²) in [6.07, 6.45) is 2.34. The highest BCUT2D eigenvalue weighted by molar-refractivity contribution is 7.22. The van der Waals surface area contributed by atoms with E-state index in [0.717, 1.165) is 17.1 Å². The Morgan fingerprint density at radius 1 is 1.35 bits per heavy atom. The van der Waals surface area contributed by atoms with Crippen molar-refractivity contribution in [1.29, 1.82) is 0 Å². The van der Waals surface area contributed by atoms with Crippen molar-refractivity contribution in [1.82, 2.24) is 4.98 Å². The number of aromatic nitrogens is 1. The van der Waals surface area contributed by atoms with E-state index in [1.807, 2.05) is 0 Å². The molecule has 0 saturated heterocycles. The number of thiazole rings is 1. The molecule has 0 atom stereocenters. The minimum atomic E-state index is 0.123. The Balaban J connectivity index is 2.25. The summed E-state index contributed by atoms with van der Waals surface area (Å²) in [5, 5.41) is 4.57. The van der Waals surface area contributed by atoms with Gasteiger partial charge in [-0.25, -0.2) is 4.98 Å². The fourth-order valence-electron chi connectivity index (χ4n) is 2.06. The largest absolute Gasteiger partial charge is 0.357 e. The zero-order chi connectivity index (χ0) is 12.5. The molecule has 2 nitrogen and oxygen atoms in total. The van der Waals surface area contributed by atoms with Gasteiger partial charge in [0.05, 0.1) is 10.2 Å². The SMILES string of the molecule is CCCC(C)(C)Nc1nc2ccc(C)cc2s1. The highest BCUT2D eigenvalue weighted by atomic mass is 32.1. The molecule has 1 heterocycles. The Bertz CT molecular complexity index is 514. The number of benzene rings is 1. The van der Waals surface area contributed by atoms with Crippen LogP contribution in [0, 0.1) is 6.92 Å². The van der Waals surface area contributed by atoms with Gasteiger partial charge in [0, 0.05) is 5.54 Å². The van der Waals surface area contributed by atoms with Gasteiger partial charge < -0.3 is 5.32 Å². The smallest absolute Gasteiger partial charge is 0.184 e. The molecule has 0 fully saturated rings. The van der Waals surface area contributed by atoms with Crippen LogP contribution in [-0.2, 0) is 0 Å². The molecule has 1 aromatic heterocycles. The van der Waals surface area contributed by atoms with Gasteiger partial charge in [0.25, 0.3) is 0 Å². The maximum atomic E-state index is 4.63.